The predicted octanol–water partition coefficient (Wildman–Crippen LogP) is 1.07. The summed E-state index contributed by atoms with van der Waals surface area (Å²) >= 11 is 0. The van der Waals surface area contributed by atoms with Crippen molar-refractivity contribution in [2.24, 2.45) is 0 Å². The Kier molecular flexibility index (Phi) is 4.60. The van der Waals surface area contributed by atoms with Gasteiger partial charge < -0.3 is 4.89 Å². The molecular formula is C8H21N2O2P. The minimum atomic E-state index is -3.14. The molecule has 2 atom stereocenters. The van der Waals surface area contributed by atoms with Gasteiger partial charge in [0, 0.05) is 0 Å². The summed E-state index contributed by atoms with van der Waals surface area (Å²) in [7, 11) is 4.13. The zero-order valence-corrected chi connectivity index (χ0v) is 10.2. The van der Waals surface area contributed by atoms with Crippen LogP contribution in [0.2, 0.25) is 0 Å². The maximum atomic E-state index is 12.0. The molecule has 0 radical (unpaired) electrons. The highest BCUT2D eigenvalue weighted by atomic mass is 31.2. The maximum Gasteiger partial charge on any atom is 0.233 e. The Morgan fingerprint density at radius 3 is 1.38 bits per heavy atom. The second-order valence-corrected chi connectivity index (χ2v) is 6.70. The Balaban J connectivity index is 4.65. The Hall–Kier alpha value is 0.110. The van der Waals surface area contributed by atoms with Crippen LogP contribution in [-0.4, -0.2) is 54.4 Å². The summed E-state index contributed by atoms with van der Waals surface area (Å²) in [5.41, 5.74) is 0. The van der Waals surface area contributed by atoms with Gasteiger partial charge in [-0.1, -0.05) is 0 Å². The van der Waals surface area contributed by atoms with Gasteiger partial charge in [0.05, 0.1) is 11.6 Å². The van der Waals surface area contributed by atoms with Crippen LogP contribution in [0.15, 0.2) is 0 Å². The van der Waals surface area contributed by atoms with E-state index in [0.717, 1.165) is 0 Å². The molecule has 0 aliphatic heterocycles. The van der Waals surface area contributed by atoms with E-state index in [2.05, 4.69) is 0 Å². The van der Waals surface area contributed by atoms with Crippen molar-refractivity contribution >= 4 is 7.37 Å². The molecule has 0 aliphatic rings. The number of hydrogen-bond donors (Lipinski definition) is 1. The highest BCUT2D eigenvalue weighted by Gasteiger charge is 2.35. The fourth-order valence-corrected chi connectivity index (χ4v) is 2.92. The first-order valence-electron chi connectivity index (χ1n) is 4.36. The van der Waals surface area contributed by atoms with E-state index in [0.29, 0.717) is 0 Å². The van der Waals surface area contributed by atoms with Gasteiger partial charge in [-0.15, -0.1) is 0 Å². The number of nitrogens with zero attached hydrogens (tertiary/aromatic N) is 2. The average Bonchev–Trinajstić information content (AvgIpc) is 2.01. The van der Waals surface area contributed by atoms with Crippen LogP contribution < -0.4 is 0 Å². The van der Waals surface area contributed by atoms with E-state index < -0.39 is 7.37 Å². The Bertz CT molecular complexity index is 188. The molecule has 0 fully saturated rings. The van der Waals surface area contributed by atoms with Crippen LogP contribution in [0.3, 0.4) is 0 Å². The second-order valence-electron chi connectivity index (χ2n) is 3.86. The van der Waals surface area contributed by atoms with Gasteiger partial charge in [-0.3, -0.25) is 14.4 Å². The zero-order chi connectivity index (χ0) is 10.8. The summed E-state index contributed by atoms with van der Waals surface area (Å²) in [6, 6.07) is 0. The van der Waals surface area contributed by atoms with Crippen molar-refractivity contribution in [3.05, 3.63) is 0 Å². The summed E-state index contributed by atoms with van der Waals surface area (Å²) in [5, 5.41) is 0. The number of rotatable bonds is 4. The Morgan fingerprint density at radius 2 is 1.23 bits per heavy atom. The van der Waals surface area contributed by atoms with Crippen LogP contribution in [0.25, 0.3) is 0 Å². The lowest BCUT2D eigenvalue weighted by atomic mass is 10.6. The van der Waals surface area contributed by atoms with Crippen LogP contribution in [0.4, 0.5) is 0 Å². The van der Waals surface area contributed by atoms with Gasteiger partial charge in [-0.05, 0) is 42.0 Å². The molecular weight excluding hydrogens is 187 g/mol. The first-order chi connectivity index (χ1) is 5.71. The molecule has 80 valence electrons. The zero-order valence-electron chi connectivity index (χ0n) is 9.35. The fraction of sp³-hybridized carbons (Fsp3) is 1.00. The minimum absolute atomic E-state index is 0.301. The van der Waals surface area contributed by atoms with Crippen LogP contribution >= 0.6 is 7.37 Å². The van der Waals surface area contributed by atoms with Crippen LogP contribution in [0, 0.1) is 0 Å². The lowest BCUT2D eigenvalue weighted by molar-refractivity contribution is 0.303. The molecule has 4 nitrogen and oxygen atoms in total. The van der Waals surface area contributed by atoms with E-state index >= 15 is 0 Å². The van der Waals surface area contributed by atoms with Crippen LogP contribution in [-0.2, 0) is 4.57 Å². The lowest BCUT2D eigenvalue weighted by Crippen LogP contribution is -2.34. The van der Waals surface area contributed by atoms with Crippen molar-refractivity contribution < 1.29 is 9.46 Å². The molecule has 0 heterocycles. The standard InChI is InChI=1S/C8H21N2O2P/c1-7(9(3)4)13(11,12)8(2)10(5)6/h7-8H,1-6H3,(H,11,12). The maximum absolute atomic E-state index is 12.0. The third kappa shape index (κ3) is 3.06. The smallest absolute Gasteiger partial charge is 0.233 e. The van der Waals surface area contributed by atoms with E-state index in [4.69, 9.17) is 0 Å². The van der Waals surface area contributed by atoms with Crippen molar-refractivity contribution in [1.29, 1.82) is 0 Å². The van der Waals surface area contributed by atoms with Crippen LogP contribution in [0.5, 0.6) is 0 Å². The summed E-state index contributed by atoms with van der Waals surface area (Å²) in [6.07, 6.45) is 0. The van der Waals surface area contributed by atoms with Gasteiger partial charge in [0.2, 0.25) is 7.37 Å². The molecule has 2 unspecified atom stereocenters. The molecule has 0 saturated heterocycles. The normalized spacial score (nSPS) is 21.6. The highest BCUT2D eigenvalue weighted by Crippen LogP contribution is 2.52. The van der Waals surface area contributed by atoms with Crippen molar-refractivity contribution in [2.45, 2.75) is 25.4 Å². The Labute approximate surface area is 81.0 Å². The molecule has 0 aromatic heterocycles. The van der Waals surface area contributed by atoms with Gasteiger partial charge in [-0.25, -0.2) is 0 Å². The van der Waals surface area contributed by atoms with Crippen LogP contribution in [0.1, 0.15) is 13.8 Å². The first kappa shape index (κ1) is 13.1. The third-order valence-corrected chi connectivity index (χ3v) is 5.63. The third-order valence-electron chi connectivity index (χ3n) is 2.57. The molecule has 0 saturated carbocycles. The first-order valence-corrected chi connectivity index (χ1v) is 6.16. The molecule has 0 rings (SSSR count). The molecule has 0 aromatic carbocycles. The van der Waals surface area contributed by atoms with E-state index in [1.807, 2.05) is 28.2 Å². The van der Waals surface area contributed by atoms with Crippen molar-refractivity contribution in [1.82, 2.24) is 9.80 Å². The molecule has 0 amide bonds. The molecule has 0 bridgehead atoms. The van der Waals surface area contributed by atoms with Gasteiger partial charge in [0.15, 0.2) is 0 Å². The van der Waals surface area contributed by atoms with Gasteiger partial charge in [-0.2, -0.15) is 0 Å². The monoisotopic (exact) mass is 208 g/mol. The second kappa shape index (κ2) is 4.56. The molecule has 0 spiro atoms. The lowest BCUT2D eigenvalue weighted by Gasteiger charge is -2.32. The van der Waals surface area contributed by atoms with E-state index in [-0.39, 0.29) is 11.6 Å². The summed E-state index contributed by atoms with van der Waals surface area (Å²) in [6.45, 7) is 3.56. The van der Waals surface area contributed by atoms with E-state index in [1.54, 1.807) is 23.6 Å². The molecule has 1 N–H and O–H groups in total. The molecule has 0 aliphatic carbocycles. The molecule has 13 heavy (non-hydrogen) atoms. The topological polar surface area (TPSA) is 43.8 Å². The van der Waals surface area contributed by atoms with Gasteiger partial charge in [0.25, 0.3) is 0 Å². The summed E-state index contributed by atoms with van der Waals surface area (Å²) < 4.78 is 12.0. The largest absolute Gasteiger partial charge is 0.342 e. The highest BCUT2D eigenvalue weighted by molar-refractivity contribution is 7.59. The average molecular weight is 208 g/mol. The van der Waals surface area contributed by atoms with E-state index in [9.17, 15) is 9.46 Å². The SMILES string of the molecule is CC(N(C)C)P(=O)(O)C(C)N(C)C. The fourth-order valence-electron chi connectivity index (χ4n) is 0.974. The Morgan fingerprint density at radius 1 is 1.00 bits per heavy atom. The number of hydrogen-bond acceptors (Lipinski definition) is 3. The van der Waals surface area contributed by atoms with Crippen molar-refractivity contribution in [3.63, 3.8) is 0 Å². The molecule has 5 heteroatoms. The van der Waals surface area contributed by atoms with Gasteiger partial charge >= 0.3 is 0 Å². The predicted molar refractivity (Wildman–Crippen MR) is 56.1 cm³/mol. The van der Waals surface area contributed by atoms with E-state index in [1.165, 1.54) is 0 Å². The molecule has 0 aromatic rings. The van der Waals surface area contributed by atoms with Crippen molar-refractivity contribution in [2.75, 3.05) is 28.2 Å². The summed E-state index contributed by atoms with van der Waals surface area (Å²) in [4.78, 5) is 13.4. The van der Waals surface area contributed by atoms with Crippen molar-refractivity contribution in [3.8, 4) is 0 Å². The van der Waals surface area contributed by atoms with Gasteiger partial charge in [0.1, 0.15) is 0 Å². The minimum Gasteiger partial charge on any atom is -0.342 e. The quantitative estimate of drug-likeness (QED) is 0.702. The summed E-state index contributed by atoms with van der Waals surface area (Å²) in [5.74, 6) is -0.602.